The normalized spacial score (nSPS) is 14.3. The molecule has 0 atom stereocenters. The summed E-state index contributed by atoms with van der Waals surface area (Å²) in [6.45, 7) is 5.16. The quantitative estimate of drug-likeness (QED) is 0.891. The first-order valence-electron chi connectivity index (χ1n) is 8.05. The van der Waals surface area contributed by atoms with Gasteiger partial charge in [-0.05, 0) is 67.6 Å². The Morgan fingerprint density at radius 1 is 1.09 bits per heavy atom. The Kier molecular flexibility index (Phi) is 5.01. The van der Waals surface area contributed by atoms with Crippen molar-refractivity contribution in [3.63, 3.8) is 0 Å². The summed E-state index contributed by atoms with van der Waals surface area (Å²) in [4.78, 5) is 0. The van der Waals surface area contributed by atoms with Crippen molar-refractivity contribution < 1.29 is 0 Å². The standard InChI is InChI=1S/C19H23ClN2/c1-14-4-2-3-5-15(14)9-13-22-19-17-10-12-21-11-8-16(17)6-7-18(19)20/h2-7,21-22H,8-13H2,1H3. The highest BCUT2D eigenvalue weighted by atomic mass is 35.5. The fourth-order valence-electron chi connectivity index (χ4n) is 3.15. The van der Waals surface area contributed by atoms with Crippen LogP contribution in [0.15, 0.2) is 36.4 Å². The number of fused-ring (bicyclic) bond motifs is 1. The zero-order chi connectivity index (χ0) is 15.4. The monoisotopic (exact) mass is 314 g/mol. The second-order valence-electron chi connectivity index (χ2n) is 5.91. The van der Waals surface area contributed by atoms with E-state index in [4.69, 9.17) is 11.6 Å². The number of aryl methyl sites for hydroxylation is 1. The van der Waals surface area contributed by atoms with Gasteiger partial charge >= 0.3 is 0 Å². The van der Waals surface area contributed by atoms with Crippen molar-refractivity contribution in [3.8, 4) is 0 Å². The van der Waals surface area contributed by atoms with Crippen molar-refractivity contribution in [2.45, 2.75) is 26.2 Å². The number of hydrogen-bond acceptors (Lipinski definition) is 2. The smallest absolute Gasteiger partial charge is 0.0640 e. The number of rotatable bonds is 4. The largest absolute Gasteiger partial charge is 0.383 e. The summed E-state index contributed by atoms with van der Waals surface area (Å²) in [5.74, 6) is 0. The van der Waals surface area contributed by atoms with Gasteiger partial charge in [-0.15, -0.1) is 0 Å². The molecule has 1 aliphatic heterocycles. The van der Waals surface area contributed by atoms with Gasteiger partial charge in [0.15, 0.2) is 0 Å². The van der Waals surface area contributed by atoms with Gasteiger partial charge in [0.25, 0.3) is 0 Å². The number of halogens is 1. The van der Waals surface area contributed by atoms with E-state index in [1.165, 1.54) is 22.3 Å². The molecule has 1 aliphatic rings. The van der Waals surface area contributed by atoms with Gasteiger partial charge in [-0.3, -0.25) is 0 Å². The molecule has 22 heavy (non-hydrogen) atoms. The summed E-state index contributed by atoms with van der Waals surface area (Å²) < 4.78 is 0. The van der Waals surface area contributed by atoms with E-state index in [1.54, 1.807) is 0 Å². The maximum atomic E-state index is 6.44. The number of hydrogen-bond donors (Lipinski definition) is 2. The molecule has 0 radical (unpaired) electrons. The third-order valence-corrected chi connectivity index (χ3v) is 4.75. The molecule has 0 bridgehead atoms. The first-order valence-corrected chi connectivity index (χ1v) is 8.43. The lowest BCUT2D eigenvalue weighted by molar-refractivity contribution is 0.711. The summed E-state index contributed by atoms with van der Waals surface area (Å²) in [5, 5.41) is 7.88. The molecule has 0 unspecified atom stereocenters. The van der Waals surface area contributed by atoms with Crippen molar-refractivity contribution in [1.82, 2.24) is 5.32 Å². The van der Waals surface area contributed by atoms with E-state index in [0.29, 0.717) is 0 Å². The maximum Gasteiger partial charge on any atom is 0.0640 e. The fourth-order valence-corrected chi connectivity index (χ4v) is 3.39. The van der Waals surface area contributed by atoms with Gasteiger partial charge < -0.3 is 10.6 Å². The van der Waals surface area contributed by atoms with Crippen molar-refractivity contribution in [2.24, 2.45) is 0 Å². The molecule has 0 saturated carbocycles. The predicted octanol–water partition coefficient (Wildman–Crippen LogP) is 3.99. The molecule has 2 nitrogen and oxygen atoms in total. The van der Waals surface area contributed by atoms with Crippen LogP contribution in [0.2, 0.25) is 5.02 Å². The second kappa shape index (κ2) is 7.17. The predicted molar refractivity (Wildman–Crippen MR) is 95.1 cm³/mol. The SMILES string of the molecule is Cc1ccccc1CCNc1c(Cl)ccc2c1CCNCC2. The summed E-state index contributed by atoms with van der Waals surface area (Å²) in [6, 6.07) is 12.8. The van der Waals surface area contributed by atoms with Crippen molar-refractivity contribution >= 4 is 17.3 Å². The lowest BCUT2D eigenvalue weighted by Crippen LogP contribution is -2.16. The zero-order valence-corrected chi connectivity index (χ0v) is 13.8. The van der Waals surface area contributed by atoms with Gasteiger partial charge in [0.1, 0.15) is 0 Å². The molecule has 0 amide bonds. The highest BCUT2D eigenvalue weighted by Crippen LogP contribution is 2.30. The van der Waals surface area contributed by atoms with Crippen LogP contribution in [0, 0.1) is 6.92 Å². The molecule has 0 spiro atoms. The maximum absolute atomic E-state index is 6.44. The summed E-state index contributed by atoms with van der Waals surface area (Å²) in [6.07, 6.45) is 3.15. The number of benzene rings is 2. The van der Waals surface area contributed by atoms with Crippen LogP contribution in [0.3, 0.4) is 0 Å². The van der Waals surface area contributed by atoms with Crippen molar-refractivity contribution in [3.05, 3.63) is 63.7 Å². The Hall–Kier alpha value is -1.51. The summed E-state index contributed by atoms with van der Waals surface area (Å²) >= 11 is 6.44. The van der Waals surface area contributed by atoms with Crippen LogP contribution in [-0.2, 0) is 19.3 Å². The lowest BCUT2D eigenvalue weighted by atomic mass is 10.0. The third kappa shape index (κ3) is 3.45. The first kappa shape index (κ1) is 15.4. The summed E-state index contributed by atoms with van der Waals surface area (Å²) in [5.41, 5.74) is 6.70. The van der Waals surface area contributed by atoms with Gasteiger partial charge in [-0.25, -0.2) is 0 Å². The van der Waals surface area contributed by atoms with Crippen LogP contribution >= 0.6 is 11.6 Å². The van der Waals surface area contributed by atoms with Crippen LogP contribution in [0.4, 0.5) is 5.69 Å². The molecule has 2 N–H and O–H groups in total. The molecule has 116 valence electrons. The summed E-state index contributed by atoms with van der Waals surface area (Å²) in [7, 11) is 0. The van der Waals surface area contributed by atoms with E-state index >= 15 is 0 Å². The molecule has 0 saturated heterocycles. The van der Waals surface area contributed by atoms with E-state index < -0.39 is 0 Å². The first-order chi connectivity index (χ1) is 10.8. The fraction of sp³-hybridized carbons (Fsp3) is 0.368. The molecular weight excluding hydrogens is 292 g/mol. The second-order valence-corrected chi connectivity index (χ2v) is 6.32. The number of anilines is 1. The van der Waals surface area contributed by atoms with E-state index in [1.807, 2.05) is 6.07 Å². The van der Waals surface area contributed by atoms with E-state index in [2.05, 4.69) is 47.9 Å². The van der Waals surface area contributed by atoms with Crippen LogP contribution in [0.25, 0.3) is 0 Å². The Morgan fingerprint density at radius 3 is 2.77 bits per heavy atom. The zero-order valence-electron chi connectivity index (χ0n) is 13.1. The van der Waals surface area contributed by atoms with E-state index in [9.17, 15) is 0 Å². The Labute approximate surface area is 137 Å². The minimum Gasteiger partial charge on any atom is -0.383 e. The Balaban J connectivity index is 1.74. The average molecular weight is 315 g/mol. The topological polar surface area (TPSA) is 24.1 Å². The van der Waals surface area contributed by atoms with E-state index in [0.717, 1.165) is 49.6 Å². The molecule has 0 aromatic heterocycles. The Morgan fingerprint density at radius 2 is 1.91 bits per heavy atom. The average Bonchev–Trinajstić information content (AvgIpc) is 2.77. The molecule has 0 fully saturated rings. The lowest BCUT2D eigenvalue weighted by Gasteiger charge is -2.16. The van der Waals surface area contributed by atoms with Crippen molar-refractivity contribution in [2.75, 3.05) is 25.0 Å². The van der Waals surface area contributed by atoms with E-state index in [-0.39, 0.29) is 0 Å². The van der Waals surface area contributed by atoms with Crippen molar-refractivity contribution in [1.29, 1.82) is 0 Å². The van der Waals surface area contributed by atoms with Gasteiger partial charge in [0, 0.05) is 6.54 Å². The van der Waals surface area contributed by atoms with Gasteiger partial charge in [0.05, 0.1) is 10.7 Å². The highest BCUT2D eigenvalue weighted by Gasteiger charge is 2.14. The number of nitrogens with one attached hydrogen (secondary N) is 2. The Bertz CT molecular complexity index is 652. The molecule has 3 heteroatoms. The molecule has 2 aromatic carbocycles. The van der Waals surface area contributed by atoms with Gasteiger partial charge in [-0.2, -0.15) is 0 Å². The highest BCUT2D eigenvalue weighted by molar-refractivity contribution is 6.33. The van der Waals surface area contributed by atoms with Crippen LogP contribution in [-0.4, -0.2) is 19.6 Å². The molecule has 2 aromatic rings. The molecule has 1 heterocycles. The van der Waals surface area contributed by atoms with Gasteiger partial charge in [0.2, 0.25) is 0 Å². The van der Waals surface area contributed by atoms with Crippen LogP contribution in [0.1, 0.15) is 22.3 Å². The molecule has 0 aliphatic carbocycles. The van der Waals surface area contributed by atoms with Crippen LogP contribution < -0.4 is 10.6 Å². The third-order valence-electron chi connectivity index (χ3n) is 4.44. The minimum absolute atomic E-state index is 0.838. The van der Waals surface area contributed by atoms with Gasteiger partial charge in [-0.1, -0.05) is 41.9 Å². The molecule has 3 rings (SSSR count). The van der Waals surface area contributed by atoms with Crippen LogP contribution in [0.5, 0.6) is 0 Å². The molecular formula is C19H23ClN2. The minimum atomic E-state index is 0.838.